The molecule has 30 heavy (non-hydrogen) atoms. The van der Waals surface area contributed by atoms with E-state index in [-0.39, 0.29) is 12.6 Å². The average Bonchev–Trinajstić information content (AvgIpc) is 2.77. The van der Waals surface area contributed by atoms with Crippen LogP contribution in [0.3, 0.4) is 0 Å². The summed E-state index contributed by atoms with van der Waals surface area (Å²) in [7, 11) is 1.58. The summed E-state index contributed by atoms with van der Waals surface area (Å²) < 4.78 is 5.24. The monoisotopic (exact) mass is 424 g/mol. The van der Waals surface area contributed by atoms with Gasteiger partial charge in [-0.2, -0.15) is 0 Å². The van der Waals surface area contributed by atoms with Gasteiger partial charge < -0.3 is 20.1 Å². The number of nitrogens with zero attached hydrogens (tertiary/aromatic N) is 1. The molecule has 0 saturated heterocycles. The van der Waals surface area contributed by atoms with Gasteiger partial charge in [0.05, 0.1) is 19.8 Å². The molecule has 3 aromatic carbocycles. The molecule has 0 aliphatic heterocycles. The molecule has 1 atom stereocenters. The average molecular weight is 425 g/mol. The topological polar surface area (TPSA) is 61.8 Å². The molecule has 0 saturated carbocycles. The van der Waals surface area contributed by atoms with Crippen LogP contribution in [0.5, 0.6) is 5.75 Å². The van der Waals surface area contributed by atoms with Crippen molar-refractivity contribution in [2.75, 3.05) is 13.7 Å². The van der Waals surface area contributed by atoms with E-state index in [9.17, 15) is 9.90 Å². The molecule has 2 amide bonds. The van der Waals surface area contributed by atoms with Crippen LogP contribution in [-0.2, 0) is 13.1 Å². The summed E-state index contributed by atoms with van der Waals surface area (Å²) in [5.74, 6) is 0.659. The predicted octanol–water partition coefficient (Wildman–Crippen LogP) is 4.79. The maximum atomic E-state index is 12.9. The first-order valence-corrected chi connectivity index (χ1v) is 10.1. The Hall–Kier alpha value is -3.02. The predicted molar refractivity (Wildman–Crippen MR) is 118 cm³/mol. The van der Waals surface area contributed by atoms with Gasteiger partial charge in [-0.1, -0.05) is 66.2 Å². The van der Waals surface area contributed by atoms with Crippen molar-refractivity contribution in [2.45, 2.75) is 19.2 Å². The third kappa shape index (κ3) is 6.24. The number of amides is 2. The van der Waals surface area contributed by atoms with Crippen LogP contribution < -0.4 is 10.1 Å². The maximum absolute atomic E-state index is 12.9. The van der Waals surface area contributed by atoms with Crippen molar-refractivity contribution < 1.29 is 14.6 Å². The third-order valence-electron chi connectivity index (χ3n) is 4.71. The molecule has 0 fully saturated rings. The molecule has 6 heteroatoms. The highest BCUT2D eigenvalue weighted by Gasteiger charge is 2.19. The van der Waals surface area contributed by atoms with Gasteiger partial charge in [0, 0.05) is 18.1 Å². The van der Waals surface area contributed by atoms with Crippen molar-refractivity contribution in [3.63, 3.8) is 0 Å². The number of rotatable bonds is 8. The molecule has 0 bridgehead atoms. The zero-order chi connectivity index (χ0) is 21.3. The lowest BCUT2D eigenvalue weighted by atomic mass is 10.1. The largest absolute Gasteiger partial charge is 0.497 e. The summed E-state index contributed by atoms with van der Waals surface area (Å²) in [4.78, 5) is 14.5. The Balaban J connectivity index is 1.72. The number of carbonyl (C=O) groups excluding carboxylic acids is 1. The number of halogens is 1. The van der Waals surface area contributed by atoms with E-state index in [1.165, 1.54) is 0 Å². The number of hydrogen-bond acceptors (Lipinski definition) is 3. The van der Waals surface area contributed by atoms with Crippen LogP contribution in [0.25, 0.3) is 0 Å². The van der Waals surface area contributed by atoms with E-state index in [0.717, 1.165) is 11.1 Å². The van der Waals surface area contributed by atoms with Gasteiger partial charge in [-0.3, -0.25) is 0 Å². The van der Waals surface area contributed by atoms with Crippen LogP contribution in [0, 0.1) is 0 Å². The Morgan fingerprint density at radius 1 is 1.03 bits per heavy atom. The van der Waals surface area contributed by atoms with Gasteiger partial charge in [0.1, 0.15) is 5.75 Å². The lowest BCUT2D eigenvalue weighted by Gasteiger charge is -2.26. The smallest absolute Gasteiger partial charge is 0.318 e. The van der Waals surface area contributed by atoms with Crippen molar-refractivity contribution in [1.82, 2.24) is 10.2 Å². The summed E-state index contributed by atoms with van der Waals surface area (Å²) in [6.07, 6.45) is -0.847. The van der Waals surface area contributed by atoms with E-state index in [4.69, 9.17) is 16.3 Å². The van der Waals surface area contributed by atoms with Crippen LogP contribution in [0.1, 0.15) is 22.8 Å². The molecule has 0 aliphatic carbocycles. The molecular formula is C24H25ClN2O3. The molecule has 0 aliphatic rings. The fourth-order valence-corrected chi connectivity index (χ4v) is 3.34. The Kier molecular flexibility index (Phi) is 7.71. The van der Waals surface area contributed by atoms with Crippen LogP contribution >= 0.6 is 11.6 Å². The minimum Gasteiger partial charge on any atom is -0.497 e. The van der Waals surface area contributed by atoms with E-state index in [2.05, 4.69) is 5.32 Å². The van der Waals surface area contributed by atoms with E-state index < -0.39 is 6.10 Å². The number of hydrogen-bond donors (Lipinski definition) is 2. The number of nitrogens with one attached hydrogen (secondary N) is 1. The maximum Gasteiger partial charge on any atom is 0.318 e. The molecule has 3 aromatic rings. The summed E-state index contributed by atoms with van der Waals surface area (Å²) in [5.41, 5.74) is 2.58. The van der Waals surface area contributed by atoms with E-state index in [1.807, 2.05) is 66.7 Å². The molecule has 1 unspecified atom stereocenters. The van der Waals surface area contributed by atoms with Crippen LogP contribution in [0.2, 0.25) is 5.02 Å². The first kappa shape index (κ1) is 21.7. The second kappa shape index (κ2) is 10.7. The Bertz CT molecular complexity index is 965. The second-order valence-electron chi connectivity index (χ2n) is 6.95. The Morgan fingerprint density at radius 2 is 1.77 bits per heavy atom. The van der Waals surface area contributed by atoms with Crippen LogP contribution in [0.15, 0.2) is 78.9 Å². The summed E-state index contributed by atoms with van der Waals surface area (Å²) in [6.45, 7) is 0.868. The first-order chi connectivity index (χ1) is 14.5. The number of carbonyl (C=O) groups is 1. The summed E-state index contributed by atoms with van der Waals surface area (Å²) in [6, 6.07) is 24.0. The van der Waals surface area contributed by atoms with Crippen molar-refractivity contribution in [2.24, 2.45) is 0 Å². The molecule has 0 radical (unpaired) electrons. The minimum atomic E-state index is -0.847. The number of urea groups is 1. The van der Waals surface area contributed by atoms with Crippen molar-refractivity contribution in [3.8, 4) is 5.75 Å². The van der Waals surface area contributed by atoms with E-state index >= 15 is 0 Å². The normalized spacial score (nSPS) is 11.6. The van der Waals surface area contributed by atoms with Gasteiger partial charge in [-0.15, -0.1) is 0 Å². The highest BCUT2D eigenvalue weighted by atomic mass is 35.5. The molecule has 3 rings (SSSR count). The van der Waals surface area contributed by atoms with Crippen molar-refractivity contribution >= 4 is 17.6 Å². The molecule has 0 heterocycles. The van der Waals surface area contributed by atoms with Gasteiger partial charge in [0.15, 0.2) is 0 Å². The molecule has 0 aromatic heterocycles. The van der Waals surface area contributed by atoms with Gasteiger partial charge in [0.2, 0.25) is 0 Å². The molecule has 2 N–H and O–H groups in total. The standard InChI is InChI=1S/C24H25ClN2O3/c1-30-22-12-6-10-20(14-22)23(28)17-27(16-18-7-3-2-4-8-18)24(29)26-15-19-9-5-11-21(25)13-19/h2-14,23,28H,15-17H2,1H3,(H,26,29). The number of ether oxygens (including phenoxy) is 1. The Labute approximate surface area is 181 Å². The van der Waals surface area contributed by atoms with Crippen LogP contribution in [-0.4, -0.2) is 29.7 Å². The van der Waals surface area contributed by atoms with Gasteiger partial charge >= 0.3 is 6.03 Å². The second-order valence-corrected chi connectivity index (χ2v) is 7.38. The highest BCUT2D eigenvalue weighted by Crippen LogP contribution is 2.21. The number of aliphatic hydroxyl groups excluding tert-OH is 1. The van der Waals surface area contributed by atoms with Gasteiger partial charge in [-0.05, 0) is 41.0 Å². The SMILES string of the molecule is COc1cccc(C(O)CN(Cc2ccccc2)C(=O)NCc2cccc(Cl)c2)c1. The quantitative estimate of drug-likeness (QED) is 0.546. The van der Waals surface area contributed by atoms with Gasteiger partial charge in [0.25, 0.3) is 0 Å². The van der Waals surface area contributed by atoms with E-state index in [0.29, 0.717) is 29.4 Å². The number of methoxy groups -OCH3 is 1. The third-order valence-corrected chi connectivity index (χ3v) is 4.94. The minimum absolute atomic E-state index is 0.142. The lowest BCUT2D eigenvalue weighted by Crippen LogP contribution is -2.41. The fraction of sp³-hybridized carbons (Fsp3) is 0.208. The lowest BCUT2D eigenvalue weighted by molar-refractivity contribution is 0.118. The summed E-state index contributed by atoms with van der Waals surface area (Å²) >= 11 is 6.02. The van der Waals surface area contributed by atoms with Gasteiger partial charge in [-0.25, -0.2) is 4.79 Å². The molecular weight excluding hydrogens is 400 g/mol. The van der Waals surface area contributed by atoms with Crippen molar-refractivity contribution in [1.29, 1.82) is 0 Å². The number of aliphatic hydroxyl groups is 1. The van der Waals surface area contributed by atoms with Crippen LogP contribution in [0.4, 0.5) is 4.79 Å². The summed E-state index contributed by atoms with van der Waals surface area (Å²) in [5, 5.41) is 14.3. The molecule has 156 valence electrons. The fourth-order valence-electron chi connectivity index (χ4n) is 3.12. The van der Waals surface area contributed by atoms with E-state index in [1.54, 1.807) is 24.1 Å². The molecule has 5 nitrogen and oxygen atoms in total. The number of benzene rings is 3. The Morgan fingerprint density at radius 3 is 2.50 bits per heavy atom. The van der Waals surface area contributed by atoms with Crippen molar-refractivity contribution in [3.05, 3.63) is 101 Å². The first-order valence-electron chi connectivity index (χ1n) is 9.68. The highest BCUT2D eigenvalue weighted by molar-refractivity contribution is 6.30. The molecule has 0 spiro atoms. The zero-order valence-corrected chi connectivity index (χ0v) is 17.5. The zero-order valence-electron chi connectivity index (χ0n) is 16.8.